The summed E-state index contributed by atoms with van der Waals surface area (Å²) in [5.74, 6) is 0.168. The summed E-state index contributed by atoms with van der Waals surface area (Å²) in [6.07, 6.45) is 4.28. The van der Waals surface area contributed by atoms with E-state index in [0.29, 0.717) is 26.1 Å². The molecule has 0 unspecified atom stereocenters. The number of carboxylic acids is 1. The van der Waals surface area contributed by atoms with Gasteiger partial charge in [0.2, 0.25) is 5.91 Å². The molecule has 4 rings (SSSR count). The van der Waals surface area contributed by atoms with E-state index < -0.39 is 11.4 Å². The van der Waals surface area contributed by atoms with Gasteiger partial charge in [-0.1, -0.05) is 12.5 Å². The van der Waals surface area contributed by atoms with Crippen molar-refractivity contribution in [2.24, 2.45) is 17.3 Å². The van der Waals surface area contributed by atoms with Gasteiger partial charge in [-0.15, -0.1) is 11.3 Å². The van der Waals surface area contributed by atoms with Gasteiger partial charge in [0.25, 0.3) is 0 Å². The van der Waals surface area contributed by atoms with Gasteiger partial charge < -0.3 is 14.9 Å². The van der Waals surface area contributed by atoms with Gasteiger partial charge in [-0.05, 0) is 30.2 Å². The third-order valence-electron chi connectivity index (χ3n) is 6.10. The summed E-state index contributed by atoms with van der Waals surface area (Å²) in [5, 5.41) is 11.9. The van der Waals surface area contributed by atoms with E-state index in [4.69, 9.17) is 0 Å². The molecule has 3 aliphatic rings. The Morgan fingerprint density at radius 2 is 2.12 bits per heavy atom. The summed E-state index contributed by atoms with van der Waals surface area (Å²) in [7, 11) is 0. The smallest absolute Gasteiger partial charge is 0.313 e. The fourth-order valence-electron chi connectivity index (χ4n) is 4.52. The fourth-order valence-corrected chi connectivity index (χ4v) is 5.21. The van der Waals surface area contributed by atoms with E-state index in [9.17, 15) is 14.7 Å². The van der Waals surface area contributed by atoms with Crippen LogP contribution >= 0.6 is 11.3 Å². The van der Waals surface area contributed by atoms with Gasteiger partial charge in [0.05, 0.1) is 6.42 Å². The molecule has 2 aliphatic heterocycles. The van der Waals surface area contributed by atoms with Crippen LogP contribution < -0.4 is 0 Å². The maximum atomic E-state index is 12.5. The second-order valence-electron chi connectivity index (χ2n) is 7.68. The van der Waals surface area contributed by atoms with Crippen LogP contribution in [0.2, 0.25) is 0 Å². The van der Waals surface area contributed by atoms with Crippen LogP contribution in [0.25, 0.3) is 0 Å². The first kappa shape index (κ1) is 16.1. The lowest BCUT2D eigenvalue weighted by Crippen LogP contribution is -2.43. The summed E-state index contributed by atoms with van der Waals surface area (Å²) in [6.45, 7) is 3.43. The largest absolute Gasteiger partial charge is 0.481 e. The zero-order chi connectivity index (χ0) is 16.7. The Morgan fingerprint density at radius 3 is 2.71 bits per heavy atom. The molecule has 1 N–H and O–H groups in total. The first-order chi connectivity index (χ1) is 11.6. The Hall–Kier alpha value is -1.40. The van der Waals surface area contributed by atoms with Crippen LogP contribution in [0.4, 0.5) is 0 Å². The number of likely N-dealkylation sites (tertiary alicyclic amines) is 2. The quantitative estimate of drug-likeness (QED) is 0.883. The first-order valence-electron chi connectivity index (χ1n) is 8.83. The van der Waals surface area contributed by atoms with Crippen LogP contribution in [0.15, 0.2) is 17.5 Å². The molecule has 1 amide bonds. The van der Waals surface area contributed by atoms with Crippen molar-refractivity contribution in [2.75, 3.05) is 32.7 Å². The lowest BCUT2D eigenvalue weighted by Gasteiger charge is -2.31. The zero-order valence-electron chi connectivity index (χ0n) is 13.8. The highest BCUT2D eigenvalue weighted by molar-refractivity contribution is 7.10. The number of carboxylic acid groups (broad SMARTS) is 1. The Bertz CT molecular complexity index is 628. The number of thiophene rings is 1. The molecule has 3 fully saturated rings. The van der Waals surface area contributed by atoms with Crippen molar-refractivity contribution in [3.05, 3.63) is 22.4 Å². The SMILES string of the molecule is O=C(Cc1cccs1)N1C[C@H]2CN(CC3CCC3)C[C@@]2(C(=O)O)C1. The number of rotatable bonds is 5. The molecule has 0 radical (unpaired) electrons. The minimum atomic E-state index is -0.755. The molecule has 1 aromatic heterocycles. The van der Waals surface area contributed by atoms with E-state index in [1.165, 1.54) is 19.3 Å². The lowest BCUT2D eigenvalue weighted by molar-refractivity contribution is -0.149. The molecule has 1 aromatic rings. The Balaban J connectivity index is 1.42. The molecular weight excluding hydrogens is 324 g/mol. The number of hydrogen-bond acceptors (Lipinski definition) is 4. The average Bonchev–Trinajstić information content (AvgIpc) is 3.16. The van der Waals surface area contributed by atoms with Crippen molar-refractivity contribution in [2.45, 2.75) is 25.7 Å². The summed E-state index contributed by atoms with van der Waals surface area (Å²) in [5.41, 5.74) is -0.755. The molecule has 6 heteroatoms. The highest BCUT2D eigenvalue weighted by Crippen LogP contribution is 2.44. The van der Waals surface area contributed by atoms with Crippen LogP contribution in [0, 0.1) is 17.3 Å². The van der Waals surface area contributed by atoms with Gasteiger partial charge in [0.15, 0.2) is 0 Å². The average molecular weight is 348 g/mol. The number of amides is 1. The molecule has 0 aromatic carbocycles. The molecule has 3 heterocycles. The van der Waals surface area contributed by atoms with E-state index in [1.807, 2.05) is 17.5 Å². The zero-order valence-corrected chi connectivity index (χ0v) is 14.6. The van der Waals surface area contributed by atoms with E-state index in [1.54, 1.807) is 16.2 Å². The highest BCUT2D eigenvalue weighted by Gasteiger charge is 2.58. The van der Waals surface area contributed by atoms with Crippen molar-refractivity contribution in [3.63, 3.8) is 0 Å². The maximum absolute atomic E-state index is 12.5. The van der Waals surface area contributed by atoms with E-state index in [0.717, 1.165) is 23.9 Å². The normalized spacial score (nSPS) is 30.3. The maximum Gasteiger partial charge on any atom is 0.313 e. The second kappa shape index (κ2) is 6.15. The van der Waals surface area contributed by atoms with Crippen LogP contribution in [0.1, 0.15) is 24.1 Å². The van der Waals surface area contributed by atoms with Crippen molar-refractivity contribution in [3.8, 4) is 0 Å². The van der Waals surface area contributed by atoms with Crippen LogP contribution in [0.5, 0.6) is 0 Å². The second-order valence-corrected chi connectivity index (χ2v) is 8.71. The summed E-state index contributed by atoms with van der Waals surface area (Å²) >= 11 is 1.58. The number of hydrogen-bond donors (Lipinski definition) is 1. The van der Waals surface area contributed by atoms with Crippen LogP contribution in [-0.2, 0) is 16.0 Å². The topological polar surface area (TPSA) is 60.9 Å². The first-order valence-corrected chi connectivity index (χ1v) is 9.71. The number of aliphatic carboxylic acids is 1. The van der Waals surface area contributed by atoms with Crippen LogP contribution in [0.3, 0.4) is 0 Å². The minimum Gasteiger partial charge on any atom is -0.481 e. The Kier molecular flexibility index (Phi) is 4.12. The predicted octanol–water partition coefficient (Wildman–Crippen LogP) is 1.94. The molecule has 130 valence electrons. The molecule has 5 nitrogen and oxygen atoms in total. The van der Waals surface area contributed by atoms with E-state index in [2.05, 4.69) is 4.90 Å². The standard InChI is InChI=1S/C18H24N2O3S/c21-16(7-15-5-2-6-24-15)20-10-14-9-19(8-13-3-1-4-13)11-18(14,12-20)17(22)23/h2,5-6,13-14H,1,3-4,7-12H2,(H,22,23)/t14-,18-/m1/s1. The van der Waals surface area contributed by atoms with Crippen LogP contribution in [-0.4, -0.2) is 59.5 Å². The molecule has 2 saturated heterocycles. The van der Waals surface area contributed by atoms with Crippen molar-refractivity contribution >= 4 is 23.2 Å². The fraction of sp³-hybridized carbons (Fsp3) is 0.667. The minimum absolute atomic E-state index is 0.0676. The van der Waals surface area contributed by atoms with Gasteiger partial charge in [0.1, 0.15) is 5.41 Å². The number of carbonyl (C=O) groups is 2. The summed E-state index contributed by atoms with van der Waals surface area (Å²) < 4.78 is 0. The van der Waals surface area contributed by atoms with Gasteiger partial charge in [-0.25, -0.2) is 0 Å². The lowest BCUT2D eigenvalue weighted by atomic mass is 9.81. The molecule has 1 aliphatic carbocycles. The number of fused-ring (bicyclic) bond motifs is 1. The van der Waals surface area contributed by atoms with Gasteiger partial charge in [-0.2, -0.15) is 0 Å². The molecule has 1 saturated carbocycles. The number of carbonyl (C=O) groups excluding carboxylic acids is 1. The van der Waals surface area contributed by atoms with Gasteiger partial charge in [0, 0.05) is 43.5 Å². The van der Waals surface area contributed by atoms with Gasteiger partial charge >= 0.3 is 5.97 Å². The third-order valence-corrected chi connectivity index (χ3v) is 6.98. The van der Waals surface area contributed by atoms with Crippen molar-refractivity contribution in [1.82, 2.24) is 9.80 Å². The molecule has 2 atom stereocenters. The third kappa shape index (κ3) is 2.75. The van der Waals surface area contributed by atoms with Crippen molar-refractivity contribution < 1.29 is 14.7 Å². The Morgan fingerprint density at radius 1 is 1.29 bits per heavy atom. The monoisotopic (exact) mass is 348 g/mol. The molecular formula is C18H24N2O3S. The summed E-state index contributed by atoms with van der Waals surface area (Å²) in [4.78, 5) is 29.8. The molecule has 24 heavy (non-hydrogen) atoms. The van der Waals surface area contributed by atoms with Crippen molar-refractivity contribution in [1.29, 1.82) is 0 Å². The Labute approximate surface area is 146 Å². The molecule has 0 bridgehead atoms. The molecule has 0 spiro atoms. The van der Waals surface area contributed by atoms with E-state index in [-0.39, 0.29) is 11.8 Å². The predicted molar refractivity (Wildman–Crippen MR) is 91.9 cm³/mol. The number of nitrogens with zero attached hydrogens (tertiary/aromatic N) is 2. The van der Waals surface area contributed by atoms with E-state index >= 15 is 0 Å². The summed E-state index contributed by atoms with van der Waals surface area (Å²) in [6, 6.07) is 3.91. The highest BCUT2D eigenvalue weighted by atomic mass is 32.1. The van der Waals surface area contributed by atoms with Gasteiger partial charge in [-0.3, -0.25) is 9.59 Å².